The quantitative estimate of drug-likeness (QED) is 0.841. The molecule has 2 aromatic carbocycles. The lowest BCUT2D eigenvalue weighted by atomic mass is 10.0. The SMILES string of the molecule is COc1cccc(N2CCCC(NC(=O)c3cc(N)ccc3C)C2)c1. The van der Waals surface area contributed by atoms with Gasteiger partial charge in [0.2, 0.25) is 0 Å². The Hall–Kier alpha value is -2.69. The summed E-state index contributed by atoms with van der Waals surface area (Å²) in [6.07, 6.45) is 2.02. The van der Waals surface area contributed by atoms with E-state index in [1.165, 1.54) is 0 Å². The van der Waals surface area contributed by atoms with Gasteiger partial charge in [-0.05, 0) is 49.6 Å². The van der Waals surface area contributed by atoms with Crippen LogP contribution in [0.1, 0.15) is 28.8 Å². The van der Waals surface area contributed by atoms with Gasteiger partial charge in [0.05, 0.1) is 7.11 Å². The number of hydrogen-bond donors (Lipinski definition) is 2. The highest BCUT2D eigenvalue weighted by atomic mass is 16.5. The maximum atomic E-state index is 12.6. The number of carbonyl (C=O) groups is 1. The number of nitrogens with one attached hydrogen (secondary N) is 1. The third kappa shape index (κ3) is 4.05. The van der Waals surface area contributed by atoms with Gasteiger partial charge in [0.25, 0.3) is 5.91 Å². The fraction of sp³-hybridized carbons (Fsp3) is 0.350. The average Bonchev–Trinajstić information content (AvgIpc) is 2.64. The van der Waals surface area contributed by atoms with Gasteiger partial charge in [-0.25, -0.2) is 0 Å². The number of ether oxygens (including phenoxy) is 1. The summed E-state index contributed by atoms with van der Waals surface area (Å²) in [6.45, 7) is 3.70. The summed E-state index contributed by atoms with van der Waals surface area (Å²) in [5.41, 5.74) is 9.14. The second-order valence-corrected chi connectivity index (χ2v) is 6.53. The van der Waals surface area contributed by atoms with Crippen molar-refractivity contribution in [1.29, 1.82) is 0 Å². The molecule has 0 bridgehead atoms. The molecule has 2 aromatic rings. The van der Waals surface area contributed by atoms with Crippen LogP contribution in [-0.4, -0.2) is 32.1 Å². The Kier molecular flexibility index (Phi) is 5.12. The Morgan fingerprint density at radius 3 is 2.92 bits per heavy atom. The predicted molar refractivity (Wildman–Crippen MR) is 101 cm³/mol. The Morgan fingerprint density at radius 2 is 2.12 bits per heavy atom. The van der Waals surface area contributed by atoms with Crippen LogP contribution in [0.25, 0.3) is 0 Å². The molecule has 3 N–H and O–H groups in total. The second kappa shape index (κ2) is 7.47. The summed E-state index contributed by atoms with van der Waals surface area (Å²) in [5.74, 6) is 0.793. The molecular weight excluding hydrogens is 314 g/mol. The van der Waals surface area contributed by atoms with Crippen molar-refractivity contribution in [1.82, 2.24) is 5.32 Å². The molecule has 1 aliphatic rings. The van der Waals surface area contributed by atoms with E-state index in [1.54, 1.807) is 13.2 Å². The third-order valence-electron chi connectivity index (χ3n) is 4.68. The first kappa shape index (κ1) is 17.1. The molecule has 1 fully saturated rings. The number of nitrogens with zero attached hydrogens (tertiary/aromatic N) is 1. The van der Waals surface area contributed by atoms with E-state index in [1.807, 2.05) is 37.3 Å². The molecule has 1 heterocycles. The van der Waals surface area contributed by atoms with Crippen molar-refractivity contribution < 1.29 is 9.53 Å². The molecule has 1 amide bonds. The highest BCUT2D eigenvalue weighted by Gasteiger charge is 2.23. The molecular formula is C20H25N3O2. The van der Waals surface area contributed by atoms with Crippen molar-refractivity contribution in [2.45, 2.75) is 25.8 Å². The zero-order valence-electron chi connectivity index (χ0n) is 14.8. The van der Waals surface area contributed by atoms with E-state index in [0.29, 0.717) is 11.3 Å². The zero-order chi connectivity index (χ0) is 17.8. The molecule has 3 rings (SSSR count). The molecule has 0 radical (unpaired) electrons. The number of benzene rings is 2. The Balaban J connectivity index is 1.69. The van der Waals surface area contributed by atoms with Crippen molar-refractivity contribution in [2.24, 2.45) is 0 Å². The van der Waals surface area contributed by atoms with E-state index in [2.05, 4.69) is 16.3 Å². The maximum Gasteiger partial charge on any atom is 0.251 e. The first-order chi connectivity index (χ1) is 12.1. The van der Waals surface area contributed by atoms with Gasteiger partial charge in [-0.2, -0.15) is 0 Å². The number of nitrogens with two attached hydrogens (primary N) is 1. The first-order valence-electron chi connectivity index (χ1n) is 8.63. The molecule has 1 saturated heterocycles. The van der Waals surface area contributed by atoms with Crippen LogP contribution >= 0.6 is 0 Å². The minimum atomic E-state index is -0.0534. The lowest BCUT2D eigenvalue weighted by Crippen LogP contribution is -2.48. The van der Waals surface area contributed by atoms with Gasteiger partial charge in [0, 0.05) is 42.1 Å². The summed E-state index contributed by atoms with van der Waals surface area (Å²) < 4.78 is 5.31. The number of anilines is 2. The van der Waals surface area contributed by atoms with E-state index < -0.39 is 0 Å². The van der Waals surface area contributed by atoms with Crippen molar-refractivity contribution in [3.8, 4) is 5.75 Å². The topological polar surface area (TPSA) is 67.6 Å². The van der Waals surface area contributed by atoms with Crippen molar-refractivity contribution in [3.63, 3.8) is 0 Å². The zero-order valence-corrected chi connectivity index (χ0v) is 14.8. The fourth-order valence-corrected chi connectivity index (χ4v) is 3.28. The van der Waals surface area contributed by atoms with E-state index in [-0.39, 0.29) is 11.9 Å². The Morgan fingerprint density at radius 1 is 1.28 bits per heavy atom. The minimum Gasteiger partial charge on any atom is -0.497 e. The minimum absolute atomic E-state index is 0.0534. The fourth-order valence-electron chi connectivity index (χ4n) is 3.28. The molecule has 1 atom stereocenters. The number of hydrogen-bond acceptors (Lipinski definition) is 4. The smallest absolute Gasteiger partial charge is 0.251 e. The third-order valence-corrected chi connectivity index (χ3v) is 4.68. The molecule has 5 heteroatoms. The molecule has 1 aliphatic heterocycles. The normalized spacial score (nSPS) is 17.2. The van der Waals surface area contributed by atoms with Crippen molar-refractivity contribution in [2.75, 3.05) is 30.8 Å². The van der Waals surface area contributed by atoms with Crippen molar-refractivity contribution in [3.05, 3.63) is 53.6 Å². The van der Waals surface area contributed by atoms with Crippen LogP contribution < -0.4 is 20.7 Å². The number of aryl methyl sites for hydroxylation is 1. The summed E-state index contributed by atoms with van der Waals surface area (Å²) in [6, 6.07) is 13.6. The molecule has 0 aliphatic carbocycles. The molecule has 0 saturated carbocycles. The average molecular weight is 339 g/mol. The van der Waals surface area contributed by atoms with Crippen LogP contribution in [0, 0.1) is 6.92 Å². The van der Waals surface area contributed by atoms with E-state index in [0.717, 1.165) is 42.9 Å². The highest BCUT2D eigenvalue weighted by molar-refractivity contribution is 5.96. The maximum absolute atomic E-state index is 12.6. The van der Waals surface area contributed by atoms with Gasteiger partial charge < -0.3 is 20.7 Å². The molecule has 0 spiro atoms. The second-order valence-electron chi connectivity index (χ2n) is 6.53. The summed E-state index contributed by atoms with van der Waals surface area (Å²) in [5, 5.41) is 3.16. The van der Waals surface area contributed by atoms with Crippen LogP contribution in [0.2, 0.25) is 0 Å². The van der Waals surface area contributed by atoms with Gasteiger partial charge in [0.15, 0.2) is 0 Å². The van der Waals surface area contributed by atoms with Gasteiger partial charge in [-0.1, -0.05) is 12.1 Å². The standard InChI is InChI=1S/C20H25N3O2/c1-14-8-9-15(21)11-19(14)20(24)22-16-5-4-10-23(13-16)17-6-3-7-18(12-17)25-2/h3,6-9,11-12,16H,4-5,10,13,21H2,1-2H3,(H,22,24). The number of carbonyl (C=O) groups excluding carboxylic acids is 1. The monoisotopic (exact) mass is 339 g/mol. The Labute approximate surface area is 148 Å². The molecule has 0 aromatic heterocycles. The first-order valence-corrected chi connectivity index (χ1v) is 8.63. The molecule has 5 nitrogen and oxygen atoms in total. The number of piperidine rings is 1. The number of nitrogen functional groups attached to an aromatic ring is 1. The number of rotatable bonds is 4. The van der Waals surface area contributed by atoms with Crippen LogP contribution in [0.15, 0.2) is 42.5 Å². The van der Waals surface area contributed by atoms with Gasteiger partial charge >= 0.3 is 0 Å². The molecule has 25 heavy (non-hydrogen) atoms. The van der Waals surface area contributed by atoms with Crippen molar-refractivity contribution >= 4 is 17.3 Å². The van der Waals surface area contributed by atoms with E-state index in [9.17, 15) is 4.79 Å². The lowest BCUT2D eigenvalue weighted by Gasteiger charge is -2.35. The highest BCUT2D eigenvalue weighted by Crippen LogP contribution is 2.24. The van der Waals surface area contributed by atoms with Gasteiger partial charge in [-0.15, -0.1) is 0 Å². The largest absolute Gasteiger partial charge is 0.497 e. The predicted octanol–water partition coefficient (Wildman–Crippen LogP) is 2.98. The van der Waals surface area contributed by atoms with Gasteiger partial charge in [0.1, 0.15) is 5.75 Å². The van der Waals surface area contributed by atoms with Crippen LogP contribution in [0.3, 0.4) is 0 Å². The summed E-state index contributed by atoms with van der Waals surface area (Å²) in [4.78, 5) is 14.9. The molecule has 132 valence electrons. The molecule has 1 unspecified atom stereocenters. The van der Waals surface area contributed by atoms with E-state index >= 15 is 0 Å². The number of methoxy groups -OCH3 is 1. The van der Waals surface area contributed by atoms with E-state index in [4.69, 9.17) is 10.5 Å². The van der Waals surface area contributed by atoms with Crippen LogP contribution in [-0.2, 0) is 0 Å². The number of amides is 1. The van der Waals surface area contributed by atoms with Crippen LogP contribution in [0.5, 0.6) is 5.75 Å². The van der Waals surface area contributed by atoms with Gasteiger partial charge in [-0.3, -0.25) is 4.79 Å². The summed E-state index contributed by atoms with van der Waals surface area (Å²) >= 11 is 0. The lowest BCUT2D eigenvalue weighted by molar-refractivity contribution is 0.0932. The van der Waals surface area contributed by atoms with Crippen LogP contribution in [0.4, 0.5) is 11.4 Å². The Bertz CT molecular complexity index is 760. The summed E-state index contributed by atoms with van der Waals surface area (Å²) in [7, 11) is 1.67.